The maximum atomic E-state index is 10.4. The van der Waals surface area contributed by atoms with Gasteiger partial charge in [-0.25, -0.2) is 0 Å². The van der Waals surface area contributed by atoms with Crippen LogP contribution in [0.3, 0.4) is 0 Å². The molecule has 0 atom stereocenters. The maximum absolute atomic E-state index is 10.4. The molecule has 1 fully saturated rings. The average Bonchev–Trinajstić information content (AvgIpc) is 1.59. The number of carbonyl (C=O) groups excluding carboxylic acids is 1. The van der Waals surface area contributed by atoms with Crippen LogP contribution < -0.4 is 0 Å². The van der Waals surface area contributed by atoms with Crippen LogP contribution in [0.5, 0.6) is 0 Å². The Morgan fingerprint density at radius 3 is 2.22 bits per heavy atom. The van der Waals surface area contributed by atoms with E-state index in [0.717, 1.165) is 12.8 Å². The molecular weight excluding hydrogens is 159 g/mol. The minimum Gasteiger partial charge on any atom is -0.281 e. The lowest BCUT2D eigenvalue weighted by Crippen LogP contribution is -2.38. The Morgan fingerprint density at radius 2 is 2.11 bits per heavy atom. The van der Waals surface area contributed by atoms with Gasteiger partial charge >= 0.3 is 0 Å². The van der Waals surface area contributed by atoms with Gasteiger partial charge in [0.2, 0.25) is 5.24 Å². The van der Waals surface area contributed by atoms with Gasteiger partial charge in [0.15, 0.2) is 0 Å². The molecule has 0 aliphatic heterocycles. The molecule has 1 nitrogen and oxygen atoms in total. The van der Waals surface area contributed by atoms with Crippen LogP contribution >= 0.6 is 23.2 Å². The van der Waals surface area contributed by atoms with Crippen molar-refractivity contribution in [3.63, 3.8) is 0 Å². The van der Waals surface area contributed by atoms with Gasteiger partial charge in [-0.05, 0) is 31.4 Å². The molecule has 1 rings (SSSR count). The molecule has 0 aromatic rings. The van der Waals surface area contributed by atoms with Gasteiger partial charge in [-0.3, -0.25) is 4.79 Å². The normalized spacial score (nSPS) is 41.9. The standard InChI is InChI=1S/C6H8Cl2O/c1-6(8)2-4(3-6)5(7)9/h4H,2-3H2,1H3. The third-order valence-corrected chi connectivity index (χ3v) is 2.28. The van der Waals surface area contributed by atoms with Gasteiger partial charge in [0.05, 0.1) is 0 Å². The largest absolute Gasteiger partial charge is 0.281 e. The molecule has 0 saturated heterocycles. The minimum atomic E-state index is -0.242. The number of hydrogen-bond donors (Lipinski definition) is 0. The van der Waals surface area contributed by atoms with E-state index in [4.69, 9.17) is 23.2 Å². The van der Waals surface area contributed by atoms with Crippen LogP contribution in [0.2, 0.25) is 0 Å². The smallest absolute Gasteiger partial charge is 0.224 e. The quantitative estimate of drug-likeness (QED) is 0.432. The lowest BCUT2D eigenvalue weighted by atomic mass is 9.76. The summed E-state index contributed by atoms with van der Waals surface area (Å²) in [6.45, 7) is 1.92. The van der Waals surface area contributed by atoms with Gasteiger partial charge < -0.3 is 0 Å². The summed E-state index contributed by atoms with van der Waals surface area (Å²) < 4.78 is 0. The fourth-order valence-corrected chi connectivity index (χ4v) is 1.66. The molecule has 9 heavy (non-hydrogen) atoms. The van der Waals surface area contributed by atoms with Crippen molar-refractivity contribution in [1.82, 2.24) is 0 Å². The second kappa shape index (κ2) is 2.14. The maximum Gasteiger partial charge on any atom is 0.224 e. The number of alkyl halides is 1. The molecule has 0 heterocycles. The SMILES string of the molecule is CC1(Cl)CC(C(=O)Cl)C1. The second-order valence-corrected chi connectivity index (χ2v) is 4.11. The van der Waals surface area contributed by atoms with E-state index < -0.39 is 0 Å². The van der Waals surface area contributed by atoms with Crippen LogP contribution in [0.1, 0.15) is 19.8 Å². The average molecular weight is 167 g/mol. The van der Waals surface area contributed by atoms with E-state index in [1.54, 1.807) is 0 Å². The molecule has 0 N–H and O–H groups in total. The van der Waals surface area contributed by atoms with Crippen LogP contribution in [0.4, 0.5) is 0 Å². The molecule has 52 valence electrons. The van der Waals surface area contributed by atoms with Crippen LogP contribution in [0.15, 0.2) is 0 Å². The molecule has 0 radical (unpaired) electrons. The first kappa shape index (κ1) is 7.36. The first-order valence-electron chi connectivity index (χ1n) is 2.89. The lowest BCUT2D eigenvalue weighted by molar-refractivity contribution is -0.118. The summed E-state index contributed by atoms with van der Waals surface area (Å²) in [5.74, 6) is 0.0224. The molecule has 0 unspecified atom stereocenters. The summed E-state index contributed by atoms with van der Waals surface area (Å²) in [5.41, 5.74) is 0. The first-order valence-corrected chi connectivity index (χ1v) is 3.65. The van der Waals surface area contributed by atoms with Crippen LogP contribution in [0, 0.1) is 5.92 Å². The van der Waals surface area contributed by atoms with Crippen molar-refractivity contribution in [2.75, 3.05) is 0 Å². The van der Waals surface area contributed by atoms with Crippen molar-refractivity contribution >= 4 is 28.4 Å². The van der Waals surface area contributed by atoms with Gasteiger partial charge in [-0.2, -0.15) is 0 Å². The molecule has 0 spiro atoms. The summed E-state index contributed by atoms with van der Waals surface area (Å²) in [6, 6.07) is 0. The number of hydrogen-bond acceptors (Lipinski definition) is 1. The van der Waals surface area contributed by atoms with Crippen molar-refractivity contribution < 1.29 is 4.79 Å². The van der Waals surface area contributed by atoms with Crippen molar-refractivity contribution in [3.8, 4) is 0 Å². The Hall–Kier alpha value is 0.250. The van der Waals surface area contributed by atoms with Crippen LogP contribution in [-0.2, 0) is 4.79 Å². The molecule has 1 aliphatic carbocycles. The minimum absolute atomic E-state index is 0.0224. The van der Waals surface area contributed by atoms with E-state index in [-0.39, 0.29) is 16.0 Å². The Kier molecular flexibility index (Phi) is 1.75. The third-order valence-electron chi connectivity index (χ3n) is 1.66. The Morgan fingerprint density at radius 1 is 1.67 bits per heavy atom. The Bertz CT molecular complexity index is 134. The Labute approximate surface area is 64.3 Å². The van der Waals surface area contributed by atoms with Gasteiger partial charge in [0, 0.05) is 10.8 Å². The van der Waals surface area contributed by atoms with E-state index in [2.05, 4.69) is 0 Å². The molecule has 1 saturated carbocycles. The number of halogens is 2. The first-order chi connectivity index (χ1) is 4.01. The zero-order valence-corrected chi connectivity index (χ0v) is 6.67. The Balaban J connectivity index is 2.35. The van der Waals surface area contributed by atoms with Gasteiger partial charge in [0.25, 0.3) is 0 Å². The lowest BCUT2D eigenvalue weighted by Gasteiger charge is -2.37. The van der Waals surface area contributed by atoms with Gasteiger partial charge in [-0.1, -0.05) is 0 Å². The highest BCUT2D eigenvalue weighted by molar-refractivity contribution is 6.64. The van der Waals surface area contributed by atoms with E-state index >= 15 is 0 Å². The summed E-state index contributed by atoms with van der Waals surface area (Å²) in [6.07, 6.45) is 1.47. The van der Waals surface area contributed by atoms with Gasteiger partial charge in [-0.15, -0.1) is 11.6 Å². The van der Waals surface area contributed by atoms with Gasteiger partial charge in [0.1, 0.15) is 0 Å². The molecule has 0 bridgehead atoms. The van der Waals surface area contributed by atoms with Crippen LogP contribution in [-0.4, -0.2) is 10.1 Å². The van der Waals surface area contributed by atoms with E-state index in [0.29, 0.717) is 0 Å². The van der Waals surface area contributed by atoms with Crippen molar-refractivity contribution in [3.05, 3.63) is 0 Å². The van der Waals surface area contributed by atoms with Crippen molar-refractivity contribution in [2.24, 2.45) is 5.92 Å². The second-order valence-electron chi connectivity index (χ2n) is 2.82. The fourth-order valence-electron chi connectivity index (χ4n) is 1.13. The zero-order chi connectivity index (χ0) is 7.07. The predicted octanol–water partition coefficient (Wildman–Crippen LogP) is 2.16. The third kappa shape index (κ3) is 1.59. The highest BCUT2D eigenvalue weighted by atomic mass is 35.5. The highest BCUT2D eigenvalue weighted by Crippen LogP contribution is 2.43. The van der Waals surface area contributed by atoms with Crippen LogP contribution in [0.25, 0.3) is 0 Å². The number of carbonyl (C=O) groups is 1. The predicted molar refractivity (Wildman–Crippen MR) is 37.8 cm³/mol. The van der Waals surface area contributed by atoms with E-state index in [9.17, 15) is 4.79 Å². The molecule has 1 aliphatic rings. The molecule has 0 aromatic carbocycles. The van der Waals surface area contributed by atoms with Crippen molar-refractivity contribution in [1.29, 1.82) is 0 Å². The monoisotopic (exact) mass is 166 g/mol. The number of rotatable bonds is 1. The molecular formula is C6H8Cl2O. The molecule has 0 aromatic heterocycles. The summed E-state index contributed by atoms with van der Waals surface area (Å²) in [5, 5.41) is -0.242. The van der Waals surface area contributed by atoms with Crippen molar-refractivity contribution in [2.45, 2.75) is 24.6 Å². The summed E-state index contributed by atoms with van der Waals surface area (Å²) >= 11 is 11.0. The fraction of sp³-hybridized carbons (Fsp3) is 0.833. The topological polar surface area (TPSA) is 17.1 Å². The molecule has 0 amide bonds. The highest BCUT2D eigenvalue weighted by Gasteiger charge is 2.41. The summed E-state index contributed by atoms with van der Waals surface area (Å²) in [7, 11) is 0. The summed E-state index contributed by atoms with van der Waals surface area (Å²) in [4.78, 5) is 10.3. The zero-order valence-electron chi connectivity index (χ0n) is 5.16. The van der Waals surface area contributed by atoms with E-state index in [1.807, 2.05) is 6.92 Å². The van der Waals surface area contributed by atoms with E-state index in [1.165, 1.54) is 0 Å². The molecule has 3 heteroatoms.